The molecule has 0 fully saturated rings. The molecule has 0 atom stereocenters. The second kappa shape index (κ2) is 6.33. The zero-order chi connectivity index (χ0) is 14.7. The Kier molecular flexibility index (Phi) is 4.27. The quantitative estimate of drug-likeness (QED) is 0.718. The molecular formula is C17H19N3S. The fraction of sp³-hybridized carbons (Fsp3) is 0.294. The number of thiazole rings is 1. The Morgan fingerprint density at radius 1 is 1.19 bits per heavy atom. The van der Waals surface area contributed by atoms with Gasteiger partial charge in [-0.1, -0.05) is 25.1 Å². The molecule has 21 heavy (non-hydrogen) atoms. The molecule has 0 unspecified atom stereocenters. The summed E-state index contributed by atoms with van der Waals surface area (Å²) in [5.41, 5.74) is 4.37. The van der Waals surface area contributed by atoms with E-state index in [4.69, 9.17) is 4.98 Å². The molecule has 0 aliphatic rings. The maximum absolute atomic E-state index is 4.77. The maximum Gasteiger partial charge on any atom is 0.124 e. The lowest BCUT2D eigenvalue weighted by molar-refractivity contribution is 0.667. The molecule has 0 saturated heterocycles. The molecule has 0 aliphatic carbocycles. The summed E-state index contributed by atoms with van der Waals surface area (Å²) in [7, 11) is 0. The molecule has 2 aromatic heterocycles. The molecule has 108 valence electrons. The normalized spacial score (nSPS) is 11.1. The van der Waals surface area contributed by atoms with Gasteiger partial charge in [0.25, 0.3) is 0 Å². The summed E-state index contributed by atoms with van der Waals surface area (Å²) in [6.07, 6.45) is 1.14. The minimum Gasteiger partial charge on any atom is -0.311 e. The minimum atomic E-state index is 0.840. The number of aryl methyl sites for hydroxylation is 1. The number of para-hydroxylation sites is 1. The van der Waals surface area contributed by atoms with Gasteiger partial charge >= 0.3 is 0 Å². The number of nitrogens with zero attached hydrogens (tertiary/aromatic N) is 2. The van der Waals surface area contributed by atoms with Gasteiger partial charge in [0.05, 0.1) is 11.2 Å². The Labute approximate surface area is 129 Å². The average Bonchev–Trinajstić information content (AvgIpc) is 2.95. The van der Waals surface area contributed by atoms with Crippen molar-refractivity contribution in [2.75, 3.05) is 6.54 Å². The largest absolute Gasteiger partial charge is 0.311 e. The van der Waals surface area contributed by atoms with Crippen molar-refractivity contribution in [3.05, 3.63) is 47.1 Å². The molecule has 4 heteroatoms. The van der Waals surface area contributed by atoms with E-state index in [-0.39, 0.29) is 0 Å². The van der Waals surface area contributed by atoms with Gasteiger partial charge < -0.3 is 5.32 Å². The summed E-state index contributed by atoms with van der Waals surface area (Å²) in [6, 6.07) is 10.4. The van der Waals surface area contributed by atoms with Crippen molar-refractivity contribution in [3.8, 4) is 10.6 Å². The van der Waals surface area contributed by atoms with E-state index >= 15 is 0 Å². The molecule has 0 amide bonds. The summed E-state index contributed by atoms with van der Waals surface area (Å²) in [4.78, 5) is 9.37. The molecule has 3 rings (SSSR count). The first-order chi connectivity index (χ1) is 10.3. The van der Waals surface area contributed by atoms with E-state index in [1.54, 1.807) is 11.3 Å². The molecule has 1 aromatic carbocycles. The van der Waals surface area contributed by atoms with E-state index in [0.29, 0.717) is 0 Å². The zero-order valence-electron chi connectivity index (χ0n) is 12.4. The first-order valence-corrected chi connectivity index (χ1v) is 8.18. The number of hydrogen-bond donors (Lipinski definition) is 1. The molecule has 0 bridgehead atoms. The van der Waals surface area contributed by atoms with Crippen LogP contribution in [0, 0.1) is 6.92 Å². The van der Waals surface area contributed by atoms with Crippen LogP contribution in [0.2, 0.25) is 0 Å². The number of benzene rings is 1. The highest BCUT2D eigenvalue weighted by molar-refractivity contribution is 7.13. The van der Waals surface area contributed by atoms with E-state index in [2.05, 4.69) is 46.9 Å². The second-order valence-electron chi connectivity index (χ2n) is 5.15. The van der Waals surface area contributed by atoms with Gasteiger partial charge in [-0.3, -0.25) is 4.98 Å². The van der Waals surface area contributed by atoms with Gasteiger partial charge in [0.15, 0.2) is 0 Å². The van der Waals surface area contributed by atoms with Gasteiger partial charge in [-0.25, -0.2) is 4.98 Å². The van der Waals surface area contributed by atoms with Crippen molar-refractivity contribution in [2.45, 2.75) is 26.8 Å². The first kappa shape index (κ1) is 14.2. The zero-order valence-corrected chi connectivity index (χ0v) is 13.2. The van der Waals surface area contributed by atoms with Gasteiger partial charge in [-0.05, 0) is 32.0 Å². The third kappa shape index (κ3) is 3.12. The number of aromatic nitrogens is 2. The molecule has 0 spiro atoms. The standard InChI is InChI=1S/C17H19N3S/c1-3-8-18-10-13-11-21-17(20-13)15-9-12(2)19-16-7-5-4-6-14(15)16/h4-7,9,11,18H,3,8,10H2,1-2H3. The predicted molar refractivity (Wildman–Crippen MR) is 89.6 cm³/mol. The third-order valence-corrected chi connectivity index (χ3v) is 4.28. The van der Waals surface area contributed by atoms with Crippen LogP contribution in [0.3, 0.4) is 0 Å². The SMILES string of the molecule is CCCNCc1csc(-c2cc(C)nc3ccccc23)n1. The highest BCUT2D eigenvalue weighted by Crippen LogP contribution is 2.30. The molecular weight excluding hydrogens is 278 g/mol. The Hall–Kier alpha value is -1.78. The van der Waals surface area contributed by atoms with Gasteiger partial charge in [0.1, 0.15) is 5.01 Å². The molecule has 3 nitrogen and oxygen atoms in total. The molecule has 0 saturated carbocycles. The monoisotopic (exact) mass is 297 g/mol. The Morgan fingerprint density at radius 2 is 2.05 bits per heavy atom. The summed E-state index contributed by atoms with van der Waals surface area (Å²) in [5, 5.41) is 7.78. The van der Waals surface area contributed by atoms with Gasteiger partial charge in [-0.15, -0.1) is 11.3 Å². The summed E-state index contributed by atoms with van der Waals surface area (Å²) < 4.78 is 0. The van der Waals surface area contributed by atoms with E-state index < -0.39 is 0 Å². The molecule has 1 N–H and O–H groups in total. The Morgan fingerprint density at radius 3 is 2.90 bits per heavy atom. The topological polar surface area (TPSA) is 37.8 Å². The van der Waals surface area contributed by atoms with Gasteiger partial charge in [-0.2, -0.15) is 0 Å². The van der Waals surface area contributed by atoms with Crippen LogP contribution in [0.1, 0.15) is 24.7 Å². The summed E-state index contributed by atoms with van der Waals surface area (Å²) in [5.74, 6) is 0. The van der Waals surface area contributed by atoms with Crippen LogP contribution < -0.4 is 5.32 Å². The summed E-state index contributed by atoms with van der Waals surface area (Å²) >= 11 is 1.71. The average molecular weight is 297 g/mol. The lowest BCUT2D eigenvalue weighted by Gasteiger charge is -2.05. The Balaban J connectivity index is 1.97. The van der Waals surface area contributed by atoms with Crippen molar-refractivity contribution in [1.82, 2.24) is 15.3 Å². The number of rotatable bonds is 5. The van der Waals surface area contributed by atoms with E-state index in [9.17, 15) is 0 Å². The maximum atomic E-state index is 4.77. The highest BCUT2D eigenvalue weighted by atomic mass is 32.1. The van der Waals surface area contributed by atoms with Gasteiger partial charge in [0, 0.05) is 28.6 Å². The van der Waals surface area contributed by atoms with Crippen molar-refractivity contribution in [3.63, 3.8) is 0 Å². The van der Waals surface area contributed by atoms with Crippen molar-refractivity contribution >= 4 is 22.2 Å². The number of fused-ring (bicyclic) bond motifs is 1. The van der Waals surface area contributed by atoms with Crippen LogP contribution in [-0.4, -0.2) is 16.5 Å². The number of pyridine rings is 1. The molecule has 2 heterocycles. The molecule has 0 radical (unpaired) electrons. The molecule has 3 aromatic rings. The van der Waals surface area contributed by atoms with Crippen LogP contribution >= 0.6 is 11.3 Å². The van der Waals surface area contributed by atoms with Crippen molar-refractivity contribution < 1.29 is 0 Å². The van der Waals surface area contributed by atoms with Crippen LogP contribution in [0.5, 0.6) is 0 Å². The summed E-state index contributed by atoms with van der Waals surface area (Å²) in [6.45, 7) is 6.08. The van der Waals surface area contributed by atoms with Crippen molar-refractivity contribution in [1.29, 1.82) is 0 Å². The fourth-order valence-corrected chi connectivity index (χ4v) is 3.24. The second-order valence-corrected chi connectivity index (χ2v) is 6.01. The number of hydrogen-bond acceptors (Lipinski definition) is 4. The van der Waals surface area contributed by atoms with Crippen LogP contribution in [0.15, 0.2) is 35.7 Å². The van der Waals surface area contributed by atoms with Gasteiger partial charge in [0.2, 0.25) is 0 Å². The fourth-order valence-electron chi connectivity index (χ4n) is 2.39. The van der Waals surface area contributed by atoms with E-state index in [1.807, 2.05) is 13.0 Å². The first-order valence-electron chi connectivity index (χ1n) is 7.30. The lowest BCUT2D eigenvalue weighted by Crippen LogP contribution is -2.13. The smallest absolute Gasteiger partial charge is 0.124 e. The number of nitrogens with one attached hydrogen (secondary N) is 1. The predicted octanol–water partition coefficient (Wildman–Crippen LogP) is 4.17. The van der Waals surface area contributed by atoms with E-state index in [1.165, 1.54) is 10.9 Å². The molecule has 0 aliphatic heterocycles. The van der Waals surface area contributed by atoms with Crippen LogP contribution in [0.4, 0.5) is 0 Å². The third-order valence-electron chi connectivity index (χ3n) is 3.36. The highest BCUT2D eigenvalue weighted by Gasteiger charge is 2.10. The lowest BCUT2D eigenvalue weighted by atomic mass is 10.1. The van der Waals surface area contributed by atoms with Crippen LogP contribution in [-0.2, 0) is 6.54 Å². The van der Waals surface area contributed by atoms with Crippen molar-refractivity contribution in [2.24, 2.45) is 0 Å². The minimum absolute atomic E-state index is 0.840. The Bertz CT molecular complexity index is 749. The van der Waals surface area contributed by atoms with E-state index in [0.717, 1.165) is 41.4 Å². The van der Waals surface area contributed by atoms with Crippen LogP contribution in [0.25, 0.3) is 21.5 Å².